The number of hydrogen-bond acceptors (Lipinski definition) is 6. The van der Waals surface area contributed by atoms with Crippen LogP contribution in [0.2, 0.25) is 0 Å². The molecule has 1 amide bonds. The molecular weight excluding hydrogens is 316 g/mol. The minimum Gasteiger partial charge on any atom is -0.466 e. The lowest BCUT2D eigenvalue weighted by Crippen LogP contribution is -2.42. The van der Waals surface area contributed by atoms with E-state index in [1.165, 1.54) is 11.3 Å². The summed E-state index contributed by atoms with van der Waals surface area (Å²) in [7, 11) is 0. The molecule has 0 aliphatic carbocycles. The Morgan fingerprint density at radius 3 is 3.13 bits per heavy atom. The van der Waals surface area contributed by atoms with Crippen LogP contribution in [0.4, 0.5) is 0 Å². The van der Waals surface area contributed by atoms with E-state index in [0.29, 0.717) is 25.5 Å². The van der Waals surface area contributed by atoms with Gasteiger partial charge in [-0.15, -0.1) is 11.3 Å². The molecule has 3 heterocycles. The standard InChI is InChI=1S/C16H18N2O4S/c1-2-21-16(20)11-5-3-7-18(10-11)15(19)12-9-13(22-17-12)14-6-4-8-23-14/h4,6,8-9,11H,2-3,5,7,10H2,1H3. The Balaban J connectivity index is 1.69. The largest absolute Gasteiger partial charge is 0.466 e. The average Bonchev–Trinajstić information content (AvgIpc) is 3.25. The van der Waals surface area contributed by atoms with Gasteiger partial charge in [-0.2, -0.15) is 0 Å². The first-order valence-corrected chi connectivity index (χ1v) is 8.53. The Morgan fingerprint density at radius 1 is 1.52 bits per heavy atom. The predicted octanol–water partition coefficient (Wildman–Crippen LogP) is 2.82. The van der Waals surface area contributed by atoms with Crippen molar-refractivity contribution in [2.45, 2.75) is 19.8 Å². The van der Waals surface area contributed by atoms with Crippen molar-refractivity contribution in [1.29, 1.82) is 0 Å². The molecule has 0 saturated carbocycles. The third-order valence-electron chi connectivity index (χ3n) is 3.82. The number of aromatic nitrogens is 1. The predicted molar refractivity (Wildman–Crippen MR) is 85.1 cm³/mol. The number of carbonyl (C=O) groups excluding carboxylic acids is 2. The monoisotopic (exact) mass is 334 g/mol. The zero-order valence-electron chi connectivity index (χ0n) is 12.9. The van der Waals surface area contributed by atoms with E-state index in [1.54, 1.807) is 17.9 Å². The summed E-state index contributed by atoms with van der Waals surface area (Å²) in [5.41, 5.74) is 0.276. The number of ether oxygens (including phenoxy) is 1. The van der Waals surface area contributed by atoms with Crippen molar-refractivity contribution < 1.29 is 18.8 Å². The lowest BCUT2D eigenvalue weighted by Gasteiger charge is -2.30. The maximum atomic E-state index is 12.6. The first kappa shape index (κ1) is 15.7. The Hall–Kier alpha value is -2.15. The topological polar surface area (TPSA) is 72.6 Å². The van der Waals surface area contributed by atoms with E-state index in [2.05, 4.69) is 5.16 Å². The number of rotatable bonds is 4. The fourth-order valence-corrected chi connectivity index (χ4v) is 3.36. The minimum absolute atomic E-state index is 0.203. The van der Waals surface area contributed by atoms with Crippen LogP contribution in [0.5, 0.6) is 0 Å². The zero-order chi connectivity index (χ0) is 16.2. The summed E-state index contributed by atoms with van der Waals surface area (Å²) < 4.78 is 10.3. The normalized spacial score (nSPS) is 18.0. The minimum atomic E-state index is -0.253. The van der Waals surface area contributed by atoms with E-state index < -0.39 is 0 Å². The van der Waals surface area contributed by atoms with E-state index in [-0.39, 0.29) is 23.5 Å². The molecule has 1 saturated heterocycles. The van der Waals surface area contributed by atoms with Gasteiger partial charge in [-0.05, 0) is 31.2 Å². The van der Waals surface area contributed by atoms with Gasteiger partial charge in [0.05, 0.1) is 17.4 Å². The maximum absolute atomic E-state index is 12.6. The van der Waals surface area contributed by atoms with Gasteiger partial charge in [-0.3, -0.25) is 9.59 Å². The van der Waals surface area contributed by atoms with Crippen molar-refractivity contribution in [1.82, 2.24) is 10.1 Å². The molecule has 1 atom stereocenters. The van der Waals surface area contributed by atoms with E-state index in [4.69, 9.17) is 9.26 Å². The van der Waals surface area contributed by atoms with Crippen LogP contribution in [0.25, 0.3) is 10.6 Å². The number of carbonyl (C=O) groups is 2. The number of likely N-dealkylation sites (tertiary alicyclic amines) is 1. The van der Waals surface area contributed by atoms with Gasteiger partial charge < -0.3 is 14.2 Å². The number of piperidine rings is 1. The van der Waals surface area contributed by atoms with Crippen molar-refractivity contribution in [3.05, 3.63) is 29.3 Å². The third kappa shape index (κ3) is 3.44. The highest BCUT2D eigenvalue weighted by Crippen LogP contribution is 2.26. The van der Waals surface area contributed by atoms with Gasteiger partial charge in [0, 0.05) is 19.2 Å². The van der Waals surface area contributed by atoms with Gasteiger partial charge in [0.15, 0.2) is 11.5 Å². The first-order valence-electron chi connectivity index (χ1n) is 7.65. The Bertz CT molecular complexity index is 680. The molecule has 0 N–H and O–H groups in total. The smallest absolute Gasteiger partial charge is 0.310 e. The summed E-state index contributed by atoms with van der Waals surface area (Å²) in [5, 5.41) is 5.82. The van der Waals surface area contributed by atoms with E-state index >= 15 is 0 Å². The van der Waals surface area contributed by atoms with Crippen LogP contribution in [0.3, 0.4) is 0 Å². The van der Waals surface area contributed by atoms with Crippen LogP contribution in [0.1, 0.15) is 30.3 Å². The first-order chi connectivity index (χ1) is 11.2. The molecule has 2 aromatic rings. The Kier molecular flexibility index (Phi) is 4.76. The number of amides is 1. The van der Waals surface area contributed by atoms with Gasteiger partial charge in [-0.25, -0.2) is 0 Å². The molecule has 122 valence electrons. The molecule has 7 heteroatoms. The van der Waals surface area contributed by atoms with Gasteiger partial charge in [0.25, 0.3) is 5.91 Å². The second-order valence-electron chi connectivity index (χ2n) is 5.40. The van der Waals surface area contributed by atoms with Crippen LogP contribution >= 0.6 is 11.3 Å². The zero-order valence-corrected chi connectivity index (χ0v) is 13.7. The Morgan fingerprint density at radius 2 is 2.39 bits per heavy atom. The van der Waals surface area contributed by atoms with Crippen molar-refractivity contribution >= 4 is 23.2 Å². The summed E-state index contributed by atoms with van der Waals surface area (Å²) >= 11 is 1.53. The van der Waals surface area contributed by atoms with Crippen LogP contribution < -0.4 is 0 Å². The molecule has 2 aromatic heterocycles. The molecule has 1 aliphatic rings. The number of nitrogens with zero attached hydrogens (tertiary/aromatic N) is 2. The summed E-state index contributed by atoms with van der Waals surface area (Å²) in [5.74, 6) is -0.103. The molecular formula is C16H18N2O4S. The second-order valence-corrected chi connectivity index (χ2v) is 6.34. The van der Waals surface area contributed by atoms with Crippen molar-refractivity contribution in [2.75, 3.05) is 19.7 Å². The van der Waals surface area contributed by atoms with E-state index in [1.807, 2.05) is 17.5 Å². The summed E-state index contributed by atoms with van der Waals surface area (Å²) in [6, 6.07) is 5.48. The molecule has 6 nitrogen and oxygen atoms in total. The van der Waals surface area contributed by atoms with Gasteiger partial charge in [0.2, 0.25) is 0 Å². The van der Waals surface area contributed by atoms with Gasteiger partial charge in [0.1, 0.15) is 0 Å². The highest BCUT2D eigenvalue weighted by Gasteiger charge is 2.31. The van der Waals surface area contributed by atoms with E-state index in [9.17, 15) is 9.59 Å². The van der Waals surface area contributed by atoms with E-state index in [0.717, 1.165) is 17.7 Å². The molecule has 0 radical (unpaired) electrons. The molecule has 1 aliphatic heterocycles. The molecule has 0 aromatic carbocycles. The SMILES string of the molecule is CCOC(=O)C1CCCN(C(=O)c2cc(-c3cccs3)on2)C1. The maximum Gasteiger partial charge on any atom is 0.310 e. The van der Waals surface area contributed by atoms with Crippen molar-refractivity contribution in [2.24, 2.45) is 5.92 Å². The van der Waals surface area contributed by atoms with Crippen molar-refractivity contribution in [3.63, 3.8) is 0 Å². The van der Waals surface area contributed by atoms with Gasteiger partial charge >= 0.3 is 5.97 Å². The van der Waals surface area contributed by atoms with Crippen molar-refractivity contribution in [3.8, 4) is 10.6 Å². The molecule has 1 unspecified atom stereocenters. The molecule has 0 bridgehead atoms. The Labute approximate surface area is 138 Å². The fourth-order valence-electron chi connectivity index (χ4n) is 2.69. The number of esters is 1. The van der Waals surface area contributed by atoms with Crippen LogP contribution in [0, 0.1) is 5.92 Å². The average molecular weight is 334 g/mol. The van der Waals surface area contributed by atoms with Crippen LogP contribution in [0.15, 0.2) is 28.1 Å². The molecule has 23 heavy (non-hydrogen) atoms. The fraction of sp³-hybridized carbons (Fsp3) is 0.438. The summed E-state index contributed by atoms with van der Waals surface area (Å²) in [4.78, 5) is 27.0. The number of hydrogen-bond donors (Lipinski definition) is 0. The summed E-state index contributed by atoms with van der Waals surface area (Å²) in [6.45, 7) is 3.14. The van der Waals surface area contributed by atoms with Gasteiger partial charge in [-0.1, -0.05) is 11.2 Å². The highest BCUT2D eigenvalue weighted by atomic mass is 32.1. The molecule has 1 fully saturated rings. The summed E-state index contributed by atoms with van der Waals surface area (Å²) in [6.07, 6.45) is 1.53. The molecule has 0 spiro atoms. The van der Waals surface area contributed by atoms with Crippen LogP contribution in [-0.4, -0.2) is 41.6 Å². The highest BCUT2D eigenvalue weighted by molar-refractivity contribution is 7.13. The van der Waals surface area contributed by atoms with Crippen LogP contribution in [-0.2, 0) is 9.53 Å². The molecule has 3 rings (SSSR count). The lowest BCUT2D eigenvalue weighted by molar-refractivity contribution is -0.149. The lowest BCUT2D eigenvalue weighted by atomic mass is 9.98. The second kappa shape index (κ2) is 6.95. The number of thiophene rings is 1. The third-order valence-corrected chi connectivity index (χ3v) is 4.71. The quantitative estimate of drug-likeness (QED) is 0.804.